The lowest BCUT2D eigenvalue weighted by Gasteiger charge is -2.35. The normalized spacial score (nSPS) is 21.6. The molecule has 1 saturated heterocycles. The van der Waals surface area contributed by atoms with Crippen molar-refractivity contribution in [2.75, 3.05) is 6.54 Å². The quantitative estimate of drug-likeness (QED) is 0.756. The van der Waals surface area contributed by atoms with E-state index in [1.807, 2.05) is 12.3 Å². The zero-order valence-electron chi connectivity index (χ0n) is 10.5. The highest BCUT2D eigenvalue weighted by Crippen LogP contribution is 2.22. The van der Waals surface area contributed by atoms with Gasteiger partial charge in [-0.25, -0.2) is 4.98 Å². The number of rotatable bonds is 4. The Hall–Kier alpha value is -0.600. The average molecular weight is 253 g/mol. The fourth-order valence-corrected chi connectivity index (χ4v) is 2.77. The van der Waals surface area contributed by atoms with Crippen molar-refractivity contribution in [1.82, 2.24) is 9.88 Å². The summed E-state index contributed by atoms with van der Waals surface area (Å²) >= 11 is 5.81. The van der Waals surface area contributed by atoms with Gasteiger partial charge in [0, 0.05) is 18.8 Å². The minimum absolute atomic E-state index is 0.581. The Kier molecular flexibility index (Phi) is 4.81. The summed E-state index contributed by atoms with van der Waals surface area (Å²) in [6.45, 7) is 4.53. The molecule has 1 atom stereocenters. The van der Waals surface area contributed by atoms with Gasteiger partial charge in [-0.05, 0) is 37.4 Å². The Labute approximate surface area is 109 Å². The molecule has 1 aliphatic rings. The van der Waals surface area contributed by atoms with Crippen LogP contribution in [-0.2, 0) is 6.54 Å². The minimum atomic E-state index is 0.581. The van der Waals surface area contributed by atoms with E-state index in [0.717, 1.165) is 12.6 Å². The predicted molar refractivity (Wildman–Crippen MR) is 72.2 cm³/mol. The Balaban J connectivity index is 1.97. The van der Waals surface area contributed by atoms with Gasteiger partial charge in [0.1, 0.15) is 5.15 Å². The predicted octanol–water partition coefficient (Wildman–Crippen LogP) is 3.89. The summed E-state index contributed by atoms with van der Waals surface area (Å²) in [5, 5.41) is 0.581. The lowest BCUT2D eigenvalue weighted by molar-refractivity contribution is 0.131. The lowest BCUT2D eigenvalue weighted by atomic mass is 9.98. The van der Waals surface area contributed by atoms with E-state index >= 15 is 0 Å². The van der Waals surface area contributed by atoms with Crippen LogP contribution in [0.15, 0.2) is 18.3 Å². The van der Waals surface area contributed by atoms with Crippen molar-refractivity contribution in [1.29, 1.82) is 0 Å². The van der Waals surface area contributed by atoms with Crippen LogP contribution < -0.4 is 0 Å². The van der Waals surface area contributed by atoms with Gasteiger partial charge in [0.15, 0.2) is 0 Å². The topological polar surface area (TPSA) is 16.1 Å². The Morgan fingerprint density at radius 1 is 1.41 bits per heavy atom. The van der Waals surface area contributed by atoms with Crippen LogP contribution in [0, 0.1) is 0 Å². The van der Waals surface area contributed by atoms with Crippen molar-refractivity contribution in [3.8, 4) is 0 Å². The maximum absolute atomic E-state index is 5.81. The number of likely N-dealkylation sites (tertiary alicyclic amines) is 1. The van der Waals surface area contributed by atoms with Crippen LogP contribution in [0.5, 0.6) is 0 Å². The van der Waals surface area contributed by atoms with Crippen molar-refractivity contribution in [3.05, 3.63) is 29.0 Å². The van der Waals surface area contributed by atoms with Crippen LogP contribution in [0.3, 0.4) is 0 Å². The summed E-state index contributed by atoms with van der Waals surface area (Å²) in [5.74, 6) is 0. The molecule has 2 heterocycles. The van der Waals surface area contributed by atoms with Crippen LogP contribution in [0.4, 0.5) is 0 Å². The molecular weight excluding hydrogens is 232 g/mol. The summed E-state index contributed by atoms with van der Waals surface area (Å²) in [5.41, 5.74) is 1.28. The first-order valence-electron chi connectivity index (χ1n) is 6.64. The summed E-state index contributed by atoms with van der Waals surface area (Å²) in [6.07, 6.45) is 8.58. The molecule has 1 aliphatic heterocycles. The third kappa shape index (κ3) is 3.68. The number of halogens is 1. The highest BCUT2D eigenvalue weighted by Gasteiger charge is 2.21. The molecule has 94 valence electrons. The van der Waals surface area contributed by atoms with E-state index in [0.29, 0.717) is 5.15 Å². The number of nitrogens with zero attached hydrogens (tertiary/aromatic N) is 2. The number of hydrogen-bond donors (Lipinski definition) is 0. The molecule has 1 unspecified atom stereocenters. The van der Waals surface area contributed by atoms with Gasteiger partial charge in [-0.3, -0.25) is 4.90 Å². The van der Waals surface area contributed by atoms with Gasteiger partial charge in [0.05, 0.1) is 0 Å². The van der Waals surface area contributed by atoms with Crippen molar-refractivity contribution in [2.24, 2.45) is 0 Å². The van der Waals surface area contributed by atoms with E-state index in [1.54, 1.807) is 0 Å². The molecule has 17 heavy (non-hydrogen) atoms. The summed E-state index contributed by atoms with van der Waals surface area (Å²) < 4.78 is 0. The van der Waals surface area contributed by atoms with Crippen molar-refractivity contribution >= 4 is 11.6 Å². The maximum Gasteiger partial charge on any atom is 0.129 e. The number of hydrogen-bond acceptors (Lipinski definition) is 2. The van der Waals surface area contributed by atoms with Gasteiger partial charge in [-0.1, -0.05) is 37.4 Å². The van der Waals surface area contributed by atoms with E-state index in [9.17, 15) is 0 Å². The fourth-order valence-electron chi connectivity index (χ4n) is 2.66. The Morgan fingerprint density at radius 2 is 2.29 bits per heavy atom. The lowest BCUT2D eigenvalue weighted by Crippen LogP contribution is -2.38. The van der Waals surface area contributed by atoms with Gasteiger partial charge in [-0.2, -0.15) is 0 Å². The third-order valence-electron chi connectivity index (χ3n) is 3.55. The first kappa shape index (κ1) is 12.8. The monoisotopic (exact) mass is 252 g/mol. The molecule has 0 aromatic carbocycles. The molecule has 0 saturated carbocycles. The van der Waals surface area contributed by atoms with Crippen LogP contribution in [0.1, 0.15) is 44.6 Å². The molecule has 3 heteroatoms. The zero-order chi connectivity index (χ0) is 12.1. The second-order valence-electron chi connectivity index (χ2n) is 4.90. The van der Waals surface area contributed by atoms with Crippen LogP contribution >= 0.6 is 11.6 Å². The first-order valence-corrected chi connectivity index (χ1v) is 7.02. The van der Waals surface area contributed by atoms with E-state index in [2.05, 4.69) is 22.9 Å². The largest absolute Gasteiger partial charge is 0.296 e. The SMILES string of the molecule is CCCC1CCCCN1Cc1ccc(Cl)nc1. The molecule has 1 fully saturated rings. The smallest absolute Gasteiger partial charge is 0.129 e. The summed E-state index contributed by atoms with van der Waals surface area (Å²) in [6, 6.07) is 4.74. The Morgan fingerprint density at radius 3 is 3.00 bits per heavy atom. The second-order valence-corrected chi connectivity index (χ2v) is 5.29. The number of piperidine rings is 1. The molecule has 0 amide bonds. The van der Waals surface area contributed by atoms with Crippen LogP contribution in [0.2, 0.25) is 5.15 Å². The van der Waals surface area contributed by atoms with Gasteiger partial charge < -0.3 is 0 Å². The maximum atomic E-state index is 5.81. The first-order chi connectivity index (χ1) is 8.29. The fraction of sp³-hybridized carbons (Fsp3) is 0.643. The molecule has 0 spiro atoms. The van der Waals surface area contributed by atoms with Gasteiger partial charge in [0.2, 0.25) is 0 Å². The second kappa shape index (κ2) is 6.36. The van der Waals surface area contributed by atoms with Gasteiger partial charge in [0.25, 0.3) is 0 Å². The summed E-state index contributed by atoms with van der Waals surface area (Å²) in [4.78, 5) is 6.76. The van der Waals surface area contributed by atoms with Crippen LogP contribution in [0.25, 0.3) is 0 Å². The van der Waals surface area contributed by atoms with Gasteiger partial charge in [-0.15, -0.1) is 0 Å². The molecule has 2 nitrogen and oxygen atoms in total. The van der Waals surface area contributed by atoms with Gasteiger partial charge >= 0.3 is 0 Å². The molecular formula is C14H21ClN2. The molecule has 2 rings (SSSR count). The number of aromatic nitrogens is 1. The molecule has 0 bridgehead atoms. The van der Waals surface area contributed by atoms with E-state index in [1.165, 1.54) is 44.2 Å². The van der Waals surface area contributed by atoms with E-state index < -0.39 is 0 Å². The highest BCUT2D eigenvalue weighted by atomic mass is 35.5. The molecule has 1 aromatic rings. The van der Waals surface area contributed by atoms with E-state index in [-0.39, 0.29) is 0 Å². The molecule has 0 radical (unpaired) electrons. The van der Waals surface area contributed by atoms with Crippen molar-refractivity contribution in [2.45, 2.75) is 51.6 Å². The average Bonchev–Trinajstić information content (AvgIpc) is 2.35. The third-order valence-corrected chi connectivity index (χ3v) is 3.77. The minimum Gasteiger partial charge on any atom is -0.296 e. The Bertz CT molecular complexity index is 335. The highest BCUT2D eigenvalue weighted by molar-refractivity contribution is 6.29. The standard InChI is InChI=1S/C14H21ClN2/c1-2-5-13-6-3-4-9-17(13)11-12-7-8-14(15)16-10-12/h7-8,10,13H,2-6,9,11H2,1H3. The zero-order valence-corrected chi connectivity index (χ0v) is 11.3. The van der Waals surface area contributed by atoms with Crippen molar-refractivity contribution in [3.63, 3.8) is 0 Å². The molecule has 0 aliphatic carbocycles. The molecule has 0 N–H and O–H groups in total. The van der Waals surface area contributed by atoms with Crippen LogP contribution in [-0.4, -0.2) is 22.5 Å². The summed E-state index contributed by atoms with van der Waals surface area (Å²) in [7, 11) is 0. The van der Waals surface area contributed by atoms with E-state index in [4.69, 9.17) is 11.6 Å². The molecule has 1 aromatic heterocycles. The van der Waals surface area contributed by atoms with Crippen molar-refractivity contribution < 1.29 is 0 Å². The number of pyridine rings is 1.